The standard InChI is InChI=1S/C63H73FN14O5/c1-6-58(80)73-22-24-74(25-23-73)60-51-17-21-76(56-32-48(79)29-42-13-9-11-15-50(42)56)37-53(51)66-62(68-60)83-40-47-34-70(3)38-57(72(47)5)43-28-41-12-8-10-14-49(41)55(30-43)75-20-18-52-54(36-75)67-63(82-39-46-31-44(64)33-71(46)4)69-61(52)77-26-27-78(59(81)7-2)45(35-77)16-19-65/h6-15,28-30,32,44-47,57,79H,1-2,16-18,20-27,31,33-40H2,3-5H3/t44-,45?,46+,47?,57?/m1/s1. The molecule has 83 heavy (non-hydrogen) atoms. The number of aromatic hydroxyl groups is 1. The highest BCUT2D eigenvalue weighted by Crippen LogP contribution is 2.41. The van der Waals surface area contributed by atoms with Crippen LogP contribution < -0.4 is 29.1 Å². The Labute approximate surface area is 484 Å². The number of likely N-dealkylation sites (N-methyl/N-ethyl adjacent to an activating group) is 3. The minimum atomic E-state index is -0.917. The number of benzene rings is 4. The molecule has 12 rings (SSSR count). The number of alkyl halides is 1. The minimum absolute atomic E-state index is 0.00241. The number of likely N-dealkylation sites (tertiary alicyclic amines) is 1. The van der Waals surface area contributed by atoms with Gasteiger partial charge in [-0.1, -0.05) is 61.7 Å². The third-order valence-electron chi connectivity index (χ3n) is 18.0. The maximum absolute atomic E-state index is 14.5. The number of anilines is 4. The van der Waals surface area contributed by atoms with Crippen LogP contribution in [0.4, 0.5) is 27.4 Å². The molecule has 3 unspecified atom stereocenters. The number of nitriles is 1. The highest BCUT2D eigenvalue weighted by molar-refractivity contribution is 5.97. The number of hydrogen-bond donors (Lipinski definition) is 1. The number of hydrogen-bond acceptors (Lipinski definition) is 17. The molecule has 6 aliphatic rings. The quantitative estimate of drug-likeness (QED) is 0.123. The van der Waals surface area contributed by atoms with Crippen LogP contribution in [0.3, 0.4) is 0 Å². The number of phenolic OH excluding ortho intramolecular Hbond substituents is 1. The van der Waals surface area contributed by atoms with Crippen molar-refractivity contribution in [2.75, 3.05) is 132 Å². The van der Waals surface area contributed by atoms with Gasteiger partial charge in [-0.05, 0) is 87.1 Å². The maximum Gasteiger partial charge on any atom is 0.318 e. The summed E-state index contributed by atoms with van der Waals surface area (Å²) in [7, 11) is 6.26. The first-order valence-corrected chi connectivity index (χ1v) is 29.1. The molecule has 0 bridgehead atoms. The highest BCUT2D eigenvalue weighted by Gasteiger charge is 2.38. The van der Waals surface area contributed by atoms with Crippen molar-refractivity contribution in [3.8, 4) is 23.8 Å². The lowest BCUT2D eigenvalue weighted by molar-refractivity contribution is -0.128. The molecule has 6 aromatic rings. The first kappa shape index (κ1) is 55.4. The van der Waals surface area contributed by atoms with Crippen molar-refractivity contribution < 1.29 is 28.6 Å². The number of carbonyl (C=O) groups excluding carboxylic acids is 2. The summed E-state index contributed by atoms with van der Waals surface area (Å²) in [5.74, 6) is 1.54. The third kappa shape index (κ3) is 11.3. The smallest absolute Gasteiger partial charge is 0.318 e. The SMILES string of the molecule is C=CC(=O)N1CCN(c2nc(OCC3CN(C)CC(c4cc(N5CCc6c(nc(OC[C@@H]7C[C@@H](F)CN7C)nc6N6CCN(C(=O)C=C)C(CC#N)C6)C5)c5ccccc5c4)N3C)nc3c2CCN(c2cc(O)cc4ccccc24)C3)CC1. The molecule has 0 spiro atoms. The van der Waals surface area contributed by atoms with Gasteiger partial charge in [0.1, 0.15) is 36.8 Å². The van der Waals surface area contributed by atoms with E-state index in [4.69, 9.17) is 29.4 Å². The number of amides is 2. The van der Waals surface area contributed by atoms with E-state index in [1.165, 1.54) is 17.7 Å². The van der Waals surface area contributed by atoms with E-state index < -0.39 is 6.17 Å². The molecule has 4 saturated heterocycles. The molecule has 8 heterocycles. The Morgan fingerprint density at radius 1 is 0.675 bits per heavy atom. The van der Waals surface area contributed by atoms with Gasteiger partial charge in [0.2, 0.25) is 11.8 Å². The molecule has 20 heteroatoms. The summed E-state index contributed by atoms with van der Waals surface area (Å²) in [5.41, 5.74) is 7.06. The molecule has 1 N–H and O–H groups in total. The maximum atomic E-state index is 14.5. The van der Waals surface area contributed by atoms with E-state index >= 15 is 0 Å². The lowest BCUT2D eigenvalue weighted by Crippen LogP contribution is -2.55. The van der Waals surface area contributed by atoms with Crippen molar-refractivity contribution in [2.24, 2.45) is 0 Å². The van der Waals surface area contributed by atoms with Crippen molar-refractivity contribution >= 4 is 56.4 Å². The predicted octanol–water partition coefficient (Wildman–Crippen LogP) is 6.14. The van der Waals surface area contributed by atoms with Gasteiger partial charge in [-0.3, -0.25) is 19.4 Å². The van der Waals surface area contributed by atoms with Crippen LogP contribution in [0.15, 0.2) is 98.1 Å². The fourth-order valence-corrected chi connectivity index (χ4v) is 13.4. The van der Waals surface area contributed by atoms with Crippen LogP contribution in [0.5, 0.6) is 17.8 Å². The molecule has 2 aromatic heterocycles. The molecule has 4 fully saturated rings. The average Bonchev–Trinajstić information content (AvgIpc) is 3.87. The first-order valence-electron chi connectivity index (χ1n) is 29.1. The molecule has 0 saturated carbocycles. The largest absolute Gasteiger partial charge is 0.508 e. The molecule has 432 valence electrons. The van der Waals surface area contributed by atoms with Crippen LogP contribution >= 0.6 is 0 Å². The van der Waals surface area contributed by atoms with Crippen LogP contribution in [0, 0.1) is 11.3 Å². The second-order valence-corrected chi connectivity index (χ2v) is 23.1. The zero-order chi connectivity index (χ0) is 57.5. The number of aromatic nitrogens is 4. The highest BCUT2D eigenvalue weighted by atomic mass is 19.1. The number of fused-ring (bicyclic) bond motifs is 4. The van der Waals surface area contributed by atoms with Crippen molar-refractivity contribution in [3.05, 3.63) is 126 Å². The summed E-state index contributed by atoms with van der Waals surface area (Å²) in [6.45, 7) is 16.1. The van der Waals surface area contributed by atoms with E-state index in [0.29, 0.717) is 110 Å². The normalized spacial score (nSPS) is 22.6. The van der Waals surface area contributed by atoms with E-state index in [-0.39, 0.29) is 60.8 Å². The summed E-state index contributed by atoms with van der Waals surface area (Å²) >= 11 is 0. The summed E-state index contributed by atoms with van der Waals surface area (Å²) < 4.78 is 27.7. The number of ether oxygens (including phenoxy) is 2. The third-order valence-corrected chi connectivity index (χ3v) is 18.0. The van der Waals surface area contributed by atoms with Crippen LogP contribution in [-0.4, -0.2) is 199 Å². The Hall–Kier alpha value is -8.12. The monoisotopic (exact) mass is 1120 g/mol. The molecule has 5 atom stereocenters. The lowest BCUT2D eigenvalue weighted by atomic mass is 9.94. The average molecular weight is 1130 g/mol. The van der Waals surface area contributed by atoms with E-state index in [0.717, 1.165) is 80.2 Å². The van der Waals surface area contributed by atoms with Gasteiger partial charge in [-0.2, -0.15) is 25.2 Å². The number of nitrogens with zero attached hydrogens (tertiary/aromatic N) is 14. The number of piperazine rings is 3. The Balaban J connectivity index is 0.819. The van der Waals surface area contributed by atoms with Gasteiger partial charge in [0.15, 0.2) is 0 Å². The number of rotatable bonds is 14. The second-order valence-electron chi connectivity index (χ2n) is 23.1. The van der Waals surface area contributed by atoms with Gasteiger partial charge < -0.3 is 48.9 Å². The van der Waals surface area contributed by atoms with E-state index in [9.17, 15) is 24.3 Å². The van der Waals surface area contributed by atoms with E-state index in [2.05, 4.69) is 105 Å². The van der Waals surface area contributed by atoms with Gasteiger partial charge in [0.25, 0.3) is 0 Å². The summed E-state index contributed by atoms with van der Waals surface area (Å²) in [5, 5.41) is 25.0. The Morgan fingerprint density at radius 2 is 1.27 bits per heavy atom. The molecule has 4 aromatic carbocycles. The Bertz CT molecular complexity index is 3500. The number of halogens is 1. The zero-order valence-electron chi connectivity index (χ0n) is 47.7. The van der Waals surface area contributed by atoms with E-state index in [1.54, 1.807) is 11.0 Å². The number of phenols is 1. The molecule has 19 nitrogen and oxygen atoms in total. The van der Waals surface area contributed by atoms with Gasteiger partial charge in [0.05, 0.1) is 49.1 Å². The molecular formula is C63H73FN14O5. The van der Waals surface area contributed by atoms with Crippen molar-refractivity contribution in [3.63, 3.8) is 0 Å². The summed E-state index contributed by atoms with van der Waals surface area (Å²) in [6.07, 6.45) is 3.68. The molecule has 2 amide bonds. The molecule has 0 aliphatic carbocycles. The Kier molecular flexibility index (Phi) is 15.8. The first-order chi connectivity index (χ1) is 40.3. The lowest BCUT2D eigenvalue weighted by Gasteiger charge is -2.44. The van der Waals surface area contributed by atoms with Crippen LogP contribution in [-0.2, 0) is 35.5 Å². The van der Waals surface area contributed by atoms with Gasteiger partial charge in [-0.15, -0.1) is 0 Å². The fraction of sp³-hybridized carbons (Fsp3) is 0.444. The second kappa shape index (κ2) is 23.6. The van der Waals surface area contributed by atoms with Crippen LogP contribution in [0.2, 0.25) is 0 Å². The Morgan fingerprint density at radius 3 is 1.88 bits per heavy atom. The number of carbonyl (C=O) groups is 2. The van der Waals surface area contributed by atoms with Gasteiger partial charge in [-0.25, -0.2) is 4.39 Å². The van der Waals surface area contributed by atoms with E-state index in [1.807, 2.05) is 41.1 Å². The topological polar surface area (TPSA) is 177 Å². The summed E-state index contributed by atoms with van der Waals surface area (Å²) in [4.78, 5) is 65.6. The van der Waals surface area contributed by atoms with Crippen LogP contribution in [0.1, 0.15) is 47.0 Å². The van der Waals surface area contributed by atoms with Crippen molar-refractivity contribution in [1.82, 2.24) is 44.4 Å². The van der Waals surface area contributed by atoms with Gasteiger partial charge >= 0.3 is 12.0 Å². The fourth-order valence-electron chi connectivity index (χ4n) is 13.4. The van der Waals surface area contributed by atoms with Crippen molar-refractivity contribution in [1.29, 1.82) is 5.26 Å². The molecular weight excluding hydrogens is 1050 g/mol. The molecule has 0 radical (unpaired) electrons. The van der Waals surface area contributed by atoms with Crippen molar-refractivity contribution in [2.45, 2.75) is 69.1 Å². The predicted molar refractivity (Wildman–Crippen MR) is 319 cm³/mol. The zero-order valence-corrected chi connectivity index (χ0v) is 47.7. The molecule has 6 aliphatic heterocycles. The summed E-state index contributed by atoms with van der Waals surface area (Å²) in [6, 6.07) is 27.3. The van der Waals surface area contributed by atoms with Gasteiger partial charge in [0, 0.05) is 130 Å². The van der Waals surface area contributed by atoms with Crippen LogP contribution in [0.25, 0.3) is 21.5 Å². The minimum Gasteiger partial charge on any atom is -0.508 e.